The highest BCUT2D eigenvalue weighted by Gasteiger charge is 2.59. The van der Waals surface area contributed by atoms with E-state index in [0.29, 0.717) is 23.2 Å². The highest BCUT2D eigenvalue weighted by atomic mass is 32.1. The van der Waals surface area contributed by atoms with Gasteiger partial charge in [-0.2, -0.15) is 5.10 Å². The lowest BCUT2D eigenvalue weighted by atomic mass is 9.47. The third kappa shape index (κ3) is 8.14. The van der Waals surface area contributed by atoms with Crippen LogP contribution < -0.4 is 21.7 Å². The Morgan fingerprint density at radius 3 is 2.52 bits per heavy atom. The summed E-state index contributed by atoms with van der Waals surface area (Å²) in [7, 11) is 0. The standard InChI is InChI=1S/C46H65N9O2S/c1-7-44(6)27-45(25-43(4,5)26-46(28-44,29-45)57-22-21-53-18-10-11-19-53)30-55-32(3)35(23-49-55)34-16-17-39(50-37(34)24-56)54-20-12-13-33(41(54)48)31(2)40(47)52-42-51-36-14-8-9-15-38(36)58-42/h8-9,14-17,23,56H,7,10-13,18-22,24-30,47-48H2,1-6H3,(H,51,52)/b40-31+. The molecule has 58 heavy (non-hydrogen) atoms. The molecule has 0 radical (unpaired) electrons. The van der Waals surface area contributed by atoms with Crippen molar-refractivity contribution in [2.45, 2.75) is 125 Å². The summed E-state index contributed by atoms with van der Waals surface area (Å²) in [4.78, 5) is 14.3. The fraction of sp³-hybridized carbons (Fsp3) is 0.587. The zero-order valence-corrected chi connectivity index (χ0v) is 36.5. The third-order valence-corrected chi connectivity index (χ3v) is 14.8. The van der Waals surface area contributed by atoms with Gasteiger partial charge >= 0.3 is 0 Å². The number of nitrogens with one attached hydrogen (secondary N) is 1. The molecule has 1 aromatic carbocycles. The van der Waals surface area contributed by atoms with E-state index in [9.17, 15) is 5.11 Å². The molecule has 4 aliphatic rings. The summed E-state index contributed by atoms with van der Waals surface area (Å²) in [6.07, 6.45) is 13.1. The molecule has 12 heteroatoms. The van der Waals surface area contributed by atoms with E-state index in [4.69, 9.17) is 31.3 Å². The second-order valence-corrected chi connectivity index (χ2v) is 20.2. The number of anilines is 2. The number of hydrogen-bond acceptors (Lipinski definition) is 11. The van der Waals surface area contributed by atoms with Crippen LogP contribution in [0.3, 0.4) is 0 Å². The number of likely N-dealkylation sites (tertiary alicyclic amines) is 1. The molecule has 0 spiro atoms. The number of allylic oxidation sites excluding steroid dienone is 2. The monoisotopic (exact) mass is 807 g/mol. The minimum absolute atomic E-state index is 0.0735. The lowest BCUT2D eigenvalue weighted by Crippen LogP contribution is -2.58. The number of aliphatic hydroxyl groups excluding tert-OH is 1. The van der Waals surface area contributed by atoms with Crippen molar-refractivity contribution in [1.29, 1.82) is 0 Å². The molecule has 3 aromatic heterocycles. The molecule has 2 saturated carbocycles. The van der Waals surface area contributed by atoms with Gasteiger partial charge in [-0.1, -0.05) is 57.6 Å². The topological polar surface area (TPSA) is 144 Å². The summed E-state index contributed by atoms with van der Waals surface area (Å²) in [5, 5.41) is 19.9. The van der Waals surface area contributed by atoms with Gasteiger partial charge in [0.25, 0.3) is 0 Å². The van der Waals surface area contributed by atoms with Crippen molar-refractivity contribution in [2.75, 3.05) is 43.0 Å². The number of hydrogen-bond donors (Lipinski definition) is 4. The number of benzene rings is 1. The molecule has 3 atom stereocenters. The number of ether oxygens (including phenoxy) is 1. The zero-order valence-electron chi connectivity index (χ0n) is 35.7. The Hall–Kier alpha value is -3.97. The Morgan fingerprint density at radius 1 is 0.966 bits per heavy atom. The first-order valence-corrected chi connectivity index (χ1v) is 22.4. The molecule has 6 N–H and O–H groups in total. The van der Waals surface area contributed by atoms with Crippen molar-refractivity contribution in [3.05, 3.63) is 76.8 Å². The van der Waals surface area contributed by atoms with Gasteiger partial charge in [0.2, 0.25) is 0 Å². The highest BCUT2D eigenvalue weighted by Crippen LogP contribution is 2.64. The van der Waals surface area contributed by atoms with Crippen molar-refractivity contribution in [2.24, 2.45) is 27.7 Å². The van der Waals surface area contributed by atoms with Crippen LogP contribution in [0.2, 0.25) is 0 Å². The van der Waals surface area contributed by atoms with Crippen LogP contribution >= 0.6 is 11.3 Å². The summed E-state index contributed by atoms with van der Waals surface area (Å²) in [5.41, 5.74) is 20.3. The van der Waals surface area contributed by atoms with Crippen molar-refractivity contribution in [3.63, 3.8) is 0 Å². The molecular formula is C46H65N9O2S. The maximum atomic E-state index is 10.8. The first-order chi connectivity index (χ1) is 27.7. The van der Waals surface area contributed by atoms with Crippen molar-refractivity contribution in [3.8, 4) is 11.1 Å². The average Bonchev–Trinajstić information content (AvgIpc) is 3.94. The maximum Gasteiger partial charge on any atom is 0.189 e. The van der Waals surface area contributed by atoms with Crippen molar-refractivity contribution < 1.29 is 9.84 Å². The normalized spacial score (nSPS) is 26.7. The molecule has 5 heterocycles. The molecule has 312 valence electrons. The number of nitrogens with zero attached hydrogens (tertiary/aromatic N) is 6. The van der Waals surface area contributed by atoms with Crippen LogP contribution in [0.5, 0.6) is 0 Å². The van der Waals surface area contributed by atoms with Gasteiger partial charge in [0.1, 0.15) is 17.5 Å². The number of nitrogens with two attached hydrogens (primary N) is 2. The molecular weight excluding hydrogens is 743 g/mol. The Morgan fingerprint density at radius 2 is 1.76 bits per heavy atom. The van der Waals surface area contributed by atoms with Gasteiger partial charge in [-0.3, -0.25) is 4.68 Å². The molecule has 2 aliphatic heterocycles. The fourth-order valence-electron chi connectivity index (χ4n) is 11.7. The smallest absolute Gasteiger partial charge is 0.189 e. The van der Waals surface area contributed by atoms with Crippen LogP contribution in [0.1, 0.15) is 110 Å². The molecule has 2 aliphatic carbocycles. The lowest BCUT2D eigenvalue weighted by molar-refractivity contribution is -0.201. The summed E-state index contributed by atoms with van der Waals surface area (Å²) in [6.45, 7) is 19.6. The molecule has 2 bridgehead atoms. The number of rotatable bonds is 13. The quantitative estimate of drug-likeness (QED) is 0.104. The predicted molar refractivity (Wildman–Crippen MR) is 236 cm³/mol. The number of aliphatic hydroxyl groups is 1. The Kier molecular flexibility index (Phi) is 11.2. The van der Waals surface area contributed by atoms with Crippen LogP contribution in [0.25, 0.3) is 21.3 Å². The Labute approximate surface area is 348 Å². The molecule has 8 rings (SSSR count). The first-order valence-electron chi connectivity index (χ1n) is 21.6. The van der Waals surface area contributed by atoms with Crippen LogP contribution in [-0.2, 0) is 17.9 Å². The van der Waals surface area contributed by atoms with Crippen LogP contribution in [0.4, 0.5) is 10.9 Å². The van der Waals surface area contributed by atoms with Crippen LogP contribution in [0, 0.1) is 23.2 Å². The van der Waals surface area contributed by atoms with E-state index in [0.717, 1.165) is 115 Å². The summed E-state index contributed by atoms with van der Waals surface area (Å²) >= 11 is 1.57. The molecule has 0 amide bonds. The number of thiazole rings is 1. The average molecular weight is 808 g/mol. The second kappa shape index (κ2) is 15.9. The zero-order chi connectivity index (χ0) is 40.9. The van der Waals surface area contributed by atoms with Gasteiger partial charge in [-0.15, -0.1) is 0 Å². The maximum absolute atomic E-state index is 10.8. The largest absolute Gasteiger partial charge is 0.390 e. The van der Waals surface area contributed by atoms with Crippen molar-refractivity contribution >= 4 is 32.5 Å². The number of aromatic nitrogens is 4. The molecule has 3 unspecified atom stereocenters. The number of pyridine rings is 1. The van der Waals surface area contributed by atoms with Gasteiger partial charge < -0.3 is 36.4 Å². The van der Waals surface area contributed by atoms with E-state index < -0.39 is 0 Å². The highest BCUT2D eigenvalue weighted by molar-refractivity contribution is 7.22. The first kappa shape index (κ1) is 40.8. The third-order valence-electron chi connectivity index (χ3n) is 13.8. The Bertz CT molecular complexity index is 2170. The van der Waals surface area contributed by atoms with E-state index in [1.54, 1.807) is 11.3 Å². The van der Waals surface area contributed by atoms with Gasteiger partial charge in [-0.25, -0.2) is 9.97 Å². The fourth-order valence-corrected chi connectivity index (χ4v) is 12.5. The lowest BCUT2D eigenvalue weighted by Gasteiger charge is -2.62. The minimum atomic E-state index is -0.194. The number of fused-ring (bicyclic) bond motifs is 3. The van der Waals surface area contributed by atoms with Crippen LogP contribution in [0.15, 0.2) is 65.4 Å². The van der Waals surface area contributed by atoms with Crippen molar-refractivity contribution in [1.82, 2.24) is 24.6 Å². The second-order valence-electron chi connectivity index (χ2n) is 19.2. The Balaban J connectivity index is 1.03. The van der Waals surface area contributed by atoms with E-state index in [1.807, 2.05) is 42.3 Å². The SMILES string of the molecule is CCC1(C)CC2(Cn3ncc(-c4ccc(N5CCCC(/C(C)=C(\N)Nc6nc7ccccc7s6)=C5N)nc4CO)c3C)CC(C)(C)CC(OCCN3CCCC3)(C1)C2. The molecule has 11 nitrogen and oxygen atoms in total. The van der Waals surface area contributed by atoms with Gasteiger partial charge in [0.05, 0.1) is 40.9 Å². The van der Waals surface area contributed by atoms with Gasteiger partial charge in [0.15, 0.2) is 5.13 Å². The van der Waals surface area contributed by atoms with Crippen LogP contribution in [-0.4, -0.2) is 68.1 Å². The van der Waals surface area contributed by atoms with E-state index in [-0.39, 0.29) is 28.5 Å². The molecule has 3 fully saturated rings. The number of para-hydroxylation sites is 1. The summed E-state index contributed by atoms with van der Waals surface area (Å²) in [5.74, 6) is 1.87. The summed E-state index contributed by atoms with van der Waals surface area (Å²) in [6, 6.07) is 12.2. The predicted octanol–water partition coefficient (Wildman–Crippen LogP) is 8.69. The van der Waals surface area contributed by atoms with E-state index in [1.165, 1.54) is 32.4 Å². The van der Waals surface area contributed by atoms with Gasteiger partial charge in [-0.05, 0) is 136 Å². The van der Waals surface area contributed by atoms with E-state index in [2.05, 4.69) is 61.6 Å². The minimum Gasteiger partial charge on any atom is -0.390 e. The van der Waals surface area contributed by atoms with Gasteiger partial charge in [0, 0.05) is 36.5 Å². The summed E-state index contributed by atoms with van der Waals surface area (Å²) < 4.78 is 10.5. The van der Waals surface area contributed by atoms with E-state index >= 15 is 0 Å². The molecule has 1 saturated heterocycles. The molecule has 4 aromatic rings.